The summed E-state index contributed by atoms with van der Waals surface area (Å²) in [5.74, 6) is 0.341. The van der Waals surface area contributed by atoms with Gasteiger partial charge in [0.15, 0.2) is 11.0 Å². The Morgan fingerprint density at radius 1 is 1.33 bits per heavy atom. The van der Waals surface area contributed by atoms with Crippen LogP contribution in [0.25, 0.3) is 10.9 Å². The van der Waals surface area contributed by atoms with Crippen LogP contribution in [0.15, 0.2) is 47.5 Å². The van der Waals surface area contributed by atoms with Gasteiger partial charge in [-0.15, -0.1) is 0 Å². The average molecular weight is 382 g/mol. The van der Waals surface area contributed by atoms with Gasteiger partial charge in [-0.2, -0.15) is 5.10 Å². The van der Waals surface area contributed by atoms with Crippen LogP contribution >= 0.6 is 11.8 Å². The number of hydrogen-bond acceptors (Lipinski definition) is 5. The van der Waals surface area contributed by atoms with E-state index in [1.165, 1.54) is 17.8 Å². The number of thioether (sulfide) groups is 1. The summed E-state index contributed by atoms with van der Waals surface area (Å²) in [6.07, 6.45) is 0.836. The number of nitrogens with one attached hydrogen (secondary N) is 1. The van der Waals surface area contributed by atoms with Crippen LogP contribution in [-0.2, 0) is 12.0 Å². The molecule has 0 fully saturated rings. The molecular formula is C20H19FN4OS. The maximum absolute atomic E-state index is 14.5. The van der Waals surface area contributed by atoms with E-state index in [4.69, 9.17) is 5.73 Å². The van der Waals surface area contributed by atoms with Gasteiger partial charge in [0.2, 0.25) is 0 Å². The Bertz CT molecular complexity index is 1060. The van der Waals surface area contributed by atoms with Crippen LogP contribution in [0.5, 0.6) is 0 Å². The van der Waals surface area contributed by atoms with Crippen molar-refractivity contribution < 1.29 is 9.18 Å². The molecule has 138 valence electrons. The number of para-hydroxylation sites is 1. The number of nitrogens with zero attached hydrogens (tertiary/aromatic N) is 2. The molecule has 0 aliphatic carbocycles. The Labute approximate surface area is 160 Å². The normalized spacial score (nSPS) is 19.9. The van der Waals surface area contributed by atoms with Crippen molar-refractivity contribution in [3.8, 4) is 0 Å². The van der Waals surface area contributed by atoms with E-state index in [9.17, 15) is 9.18 Å². The highest BCUT2D eigenvalue weighted by molar-refractivity contribution is 8.13. The molecule has 27 heavy (non-hydrogen) atoms. The van der Waals surface area contributed by atoms with Gasteiger partial charge in [0.1, 0.15) is 11.5 Å². The number of H-pyrrole nitrogens is 1. The Kier molecular flexibility index (Phi) is 4.47. The number of carbonyl (C=O) groups is 1. The third-order valence-corrected chi connectivity index (χ3v) is 5.70. The van der Waals surface area contributed by atoms with E-state index in [-0.39, 0.29) is 18.0 Å². The Morgan fingerprint density at radius 2 is 2.15 bits per heavy atom. The van der Waals surface area contributed by atoms with Gasteiger partial charge >= 0.3 is 0 Å². The number of hydrogen-bond donors (Lipinski definition) is 2. The summed E-state index contributed by atoms with van der Waals surface area (Å²) < 4.78 is 14.5. The number of aromatic amines is 1. The fourth-order valence-electron chi connectivity index (χ4n) is 3.42. The highest BCUT2D eigenvalue weighted by Crippen LogP contribution is 2.36. The lowest BCUT2D eigenvalue weighted by Crippen LogP contribution is -2.29. The molecule has 7 heteroatoms. The minimum Gasteiger partial charge on any atom is -0.379 e. The molecule has 2 aromatic carbocycles. The minimum absolute atomic E-state index is 0.114. The zero-order valence-corrected chi connectivity index (χ0v) is 15.6. The number of benzene rings is 2. The van der Waals surface area contributed by atoms with Crippen molar-refractivity contribution in [1.29, 1.82) is 0 Å². The van der Waals surface area contributed by atoms with E-state index < -0.39 is 5.54 Å². The average Bonchev–Trinajstić information content (AvgIpc) is 3.07. The first kappa shape index (κ1) is 17.7. The van der Waals surface area contributed by atoms with Crippen LogP contribution in [0.2, 0.25) is 0 Å². The molecule has 3 aromatic rings. The summed E-state index contributed by atoms with van der Waals surface area (Å²) in [6, 6.07) is 12.3. The predicted molar refractivity (Wildman–Crippen MR) is 107 cm³/mol. The SMILES string of the molecule is C[C@@]1(c2cc(CC(=O)c3n[nH]c4ccccc34)ccc2F)CCSC(N)=N1. The van der Waals surface area contributed by atoms with E-state index in [0.29, 0.717) is 22.8 Å². The van der Waals surface area contributed by atoms with Crippen LogP contribution in [0.4, 0.5) is 4.39 Å². The molecule has 1 atom stereocenters. The minimum atomic E-state index is -0.711. The van der Waals surface area contributed by atoms with Crippen LogP contribution in [-0.4, -0.2) is 26.9 Å². The Hall–Kier alpha value is -2.67. The number of fused-ring (bicyclic) bond motifs is 1. The number of Topliss-reactive ketones (excluding diaryl/α,β-unsaturated/α-hetero) is 1. The molecule has 0 saturated carbocycles. The fraction of sp³-hybridized carbons (Fsp3) is 0.250. The third-order valence-electron chi connectivity index (χ3n) is 4.91. The van der Waals surface area contributed by atoms with E-state index in [1.807, 2.05) is 31.2 Å². The molecule has 0 bridgehead atoms. The molecule has 0 saturated heterocycles. The largest absolute Gasteiger partial charge is 0.379 e. The molecule has 0 spiro atoms. The van der Waals surface area contributed by atoms with Crippen LogP contribution in [0, 0.1) is 5.82 Å². The molecule has 1 aliphatic heterocycles. The first-order chi connectivity index (χ1) is 13.0. The van der Waals surface area contributed by atoms with Gasteiger partial charge in [-0.3, -0.25) is 14.9 Å². The number of rotatable bonds is 4. The highest BCUT2D eigenvalue weighted by Gasteiger charge is 2.32. The lowest BCUT2D eigenvalue weighted by atomic mass is 9.87. The summed E-state index contributed by atoms with van der Waals surface area (Å²) in [5.41, 5.74) is 7.57. The van der Waals surface area contributed by atoms with Crippen LogP contribution in [0.3, 0.4) is 0 Å². The van der Waals surface area contributed by atoms with Crippen molar-refractivity contribution in [3.63, 3.8) is 0 Å². The smallest absolute Gasteiger partial charge is 0.188 e. The standard InChI is InChI=1S/C20H19FN4OS/c1-20(8-9-27-19(22)23-20)14-10-12(6-7-15(14)21)11-17(26)18-13-4-2-3-5-16(13)24-25-18/h2-7,10H,8-9,11H2,1H3,(H2,22,23)(H,24,25)/t20-/m0/s1. The lowest BCUT2D eigenvalue weighted by molar-refractivity contribution is 0.0989. The van der Waals surface area contributed by atoms with Gasteiger partial charge in [0, 0.05) is 23.1 Å². The molecule has 1 aromatic heterocycles. The van der Waals surface area contributed by atoms with Crippen molar-refractivity contribution in [2.24, 2.45) is 10.7 Å². The molecule has 4 rings (SSSR count). The van der Waals surface area contributed by atoms with Gasteiger partial charge in [0.05, 0.1) is 11.1 Å². The summed E-state index contributed by atoms with van der Waals surface area (Å²) in [4.78, 5) is 17.2. The quantitative estimate of drug-likeness (QED) is 0.673. The molecular weight excluding hydrogens is 363 g/mol. The van der Waals surface area contributed by atoms with Gasteiger partial charge in [-0.1, -0.05) is 36.0 Å². The molecule has 3 N–H and O–H groups in total. The predicted octanol–water partition coefficient (Wildman–Crippen LogP) is 3.79. The number of carbonyl (C=O) groups excluding carboxylic acids is 1. The fourth-order valence-corrected chi connectivity index (χ4v) is 4.40. The van der Waals surface area contributed by atoms with E-state index in [1.54, 1.807) is 12.1 Å². The van der Waals surface area contributed by atoms with Gasteiger partial charge in [0.25, 0.3) is 0 Å². The third kappa shape index (κ3) is 3.35. The van der Waals surface area contributed by atoms with Crippen molar-refractivity contribution in [1.82, 2.24) is 10.2 Å². The second-order valence-electron chi connectivity index (χ2n) is 6.85. The van der Waals surface area contributed by atoms with Crippen LogP contribution < -0.4 is 5.73 Å². The van der Waals surface area contributed by atoms with Crippen molar-refractivity contribution in [2.45, 2.75) is 25.3 Å². The molecule has 0 unspecified atom stereocenters. The second-order valence-corrected chi connectivity index (χ2v) is 7.97. The number of halogens is 1. The first-order valence-corrected chi connectivity index (χ1v) is 9.68. The maximum atomic E-state index is 14.5. The number of nitrogens with two attached hydrogens (primary N) is 1. The van der Waals surface area contributed by atoms with E-state index in [0.717, 1.165) is 22.2 Å². The summed E-state index contributed by atoms with van der Waals surface area (Å²) in [6.45, 7) is 1.88. The first-order valence-electron chi connectivity index (χ1n) is 8.70. The van der Waals surface area contributed by atoms with Crippen molar-refractivity contribution in [3.05, 3.63) is 65.1 Å². The highest BCUT2D eigenvalue weighted by atomic mass is 32.2. The summed E-state index contributed by atoms with van der Waals surface area (Å²) in [5, 5.41) is 8.28. The second kappa shape index (κ2) is 6.81. The number of aromatic nitrogens is 2. The molecule has 5 nitrogen and oxygen atoms in total. The number of amidine groups is 1. The lowest BCUT2D eigenvalue weighted by Gasteiger charge is -2.30. The zero-order valence-electron chi connectivity index (χ0n) is 14.8. The zero-order chi connectivity index (χ0) is 19.0. The molecule has 0 amide bonds. The van der Waals surface area contributed by atoms with Gasteiger partial charge in [-0.05, 0) is 37.1 Å². The topological polar surface area (TPSA) is 84.1 Å². The van der Waals surface area contributed by atoms with Gasteiger partial charge < -0.3 is 5.73 Å². The molecule has 1 aliphatic rings. The van der Waals surface area contributed by atoms with Gasteiger partial charge in [-0.25, -0.2) is 4.39 Å². The summed E-state index contributed by atoms with van der Waals surface area (Å²) in [7, 11) is 0. The molecule has 0 radical (unpaired) electrons. The monoisotopic (exact) mass is 382 g/mol. The van der Waals surface area contributed by atoms with E-state index in [2.05, 4.69) is 15.2 Å². The Balaban J connectivity index is 1.65. The molecule has 2 heterocycles. The van der Waals surface area contributed by atoms with Crippen LogP contribution in [0.1, 0.15) is 35.0 Å². The number of aliphatic imine (C=N–C) groups is 1. The Morgan fingerprint density at radius 3 is 2.96 bits per heavy atom. The van der Waals surface area contributed by atoms with E-state index >= 15 is 0 Å². The summed E-state index contributed by atoms with van der Waals surface area (Å²) >= 11 is 1.47. The maximum Gasteiger partial charge on any atom is 0.188 e. The number of ketones is 1. The van der Waals surface area contributed by atoms with Crippen molar-refractivity contribution >= 4 is 33.6 Å². The van der Waals surface area contributed by atoms with Crippen molar-refractivity contribution in [2.75, 3.05) is 5.75 Å².